The van der Waals surface area contributed by atoms with Crippen LogP contribution in [0.25, 0.3) is 0 Å². The van der Waals surface area contributed by atoms with Crippen LogP contribution >= 0.6 is 0 Å². The number of aliphatic hydroxyl groups is 1. The zero-order chi connectivity index (χ0) is 14.0. The summed E-state index contributed by atoms with van der Waals surface area (Å²) in [5.74, 6) is 0.768. The fourth-order valence-electron chi connectivity index (χ4n) is 1.95. The molecule has 19 heavy (non-hydrogen) atoms. The molecule has 1 aliphatic heterocycles. The molecule has 5 nitrogen and oxygen atoms in total. The molecule has 0 saturated carbocycles. The Balaban J connectivity index is 2.29. The topological polar surface area (TPSA) is 74.7 Å². The maximum Gasteiger partial charge on any atom is 0.243 e. The van der Waals surface area contributed by atoms with Crippen molar-refractivity contribution in [2.75, 3.05) is 24.6 Å². The fourth-order valence-corrected chi connectivity index (χ4v) is 4.73. The predicted molar refractivity (Wildman–Crippen MR) is 73.7 cm³/mol. The number of benzene rings is 1. The zero-order valence-corrected chi connectivity index (χ0v) is 12.3. The van der Waals surface area contributed by atoms with Crippen molar-refractivity contribution in [3.63, 3.8) is 0 Å². The molecule has 7 heteroatoms. The lowest BCUT2D eigenvalue weighted by Crippen LogP contribution is -2.41. The van der Waals surface area contributed by atoms with Gasteiger partial charge in [-0.05, 0) is 24.6 Å². The SMILES string of the molecule is CC(O)c1cccc(S(=O)(=O)N2CCS(=O)CC2)c1. The van der Waals surface area contributed by atoms with Gasteiger partial charge in [0.2, 0.25) is 10.0 Å². The van der Waals surface area contributed by atoms with E-state index in [-0.39, 0.29) is 18.0 Å². The van der Waals surface area contributed by atoms with Crippen molar-refractivity contribution in [3.05, 3.63) is 29.8 Å². The lowest BCUT2D eigenvalue weighted by atomic mass is 10.1. The van der Waals surface area contributed by atoms with Crippen LogP contribution in [0.1, 0.15) is 18.6 Å². The van der Waals surface area contributed by atoms with Gasteiger partial charge in [-0.3, -0.25) is 4.21 Å². The number of hydrogen-bond donors (Lipinski definition) is 1. The second-order valence-corrected chi connectivity index (χ2v) is 8.13. The van der Waals surface area contributed by atoms with E-state index in [0.29, 0.717) is 17.1 Å². The molecule has 1 fully saturated rings. The Morgan fingerprint density at radius 1 is 1.32 bits per heavy atom. The zero-order valence-electron chi connectivity index (χ0n) is 10.7. The molecule has 0 aromatic heterocycles. The fraction of sp³-hybridized carbons (Fsp3) is 0.500. The standard InChI is InChI=1S/C12H17NO4S2/c1-10(14)11-3-2-4-12(9-11)19(16,17)13-5-7-18(15)8-6-13/h2-4,9-10,14H,5-8H2,1H3. The van der Waals surface area contributed by atoms with Gasteiger partial charge in [0.05, 0.1) is 11.0 Å². The lowest BCUT2D eigenvalue weighted by Gasteiger charge is -2.25. The molecule has 0 bridgehead atoms. The molecule has 1 N–H and O–H groups in total. The molecule has 1 aromatic rings. The minimum atomic E-state index is -3.55. The van der Waals surface area contributed by atoms with Gasteiger partial charge in [-0.25, -0.2) is 8.42 Å². The van der Waals surface area contributed by atoms with Crippen molar-refractivity contribution >= 4 is 20.8 Å². The van der Waals surface area contributed by atoms with E-state index in [0.717, 1.165) is 0 Å². The molecule has 1 atom stereocenters. The first kappa shape index (κ1) is 14.6. The Morgan fingerprint density at radius 3 is 2.53 bits per heavy atom. The van der Waals surface area contributed by atoms with E-state index in [1.165, 1.54) is 16.4 Å². The quantitative estimate of drug-likeness (QED) is 0.882. The van der Waals surface area contributed by atoms with Crippen LogP contribution in [-0.2, 0) is 20.8 Å². The van der Waals surface area contributed by atoms with Crippen LogP contribution in [0.15, 0.2) is 29.2 Å². The van der Waals surface area contributed by atoms with Gasteiger partial charge in [-0.2, -0.15) is 4.31 Å². The molecule has 0 aliphatic carbocycles. The van der Waals surface area contributed by atoms with Crippen LogP contribution in [0.2, 0.25) is 0 Å². The summed E-state index contributed by atoms with van der Waals surface area (Å²) in [7, 11) is -4.46. The molecule has 1 unspecified atom stereocenters. The molecule has 1 saturated heterocycles. The minimum Gasteiger partial charge on any atom is -0.389 e. The van der Waals surface area contributed by atoms with Crippen molar-refractivity contribution in [1.29, 1.82) is 0 Å². The van der Waals surface area contributed by atoms with E-state index in [1.807, 2.05) is 0 Å². The van der Waals surface area contributed by atoms with Crippen LogP contribution in [0.3, 0.4) is 0 Å². The third-order valence-corrected chi connectivity index (χ3v) is 6.29. The normalized spacial score (nSPS) is 20.3. The summed E-state index contributed by atoms with van der Waals surface area (Å²) in [5.41, 5.74) is 0.571. The summed E-state index contributed by atoms with van der Waals surface area (Å²) < 4.78 is 37.5. The van der Waals surface area contributed by atoms with Gasteiger partial charge in [0.15, 0.2) is 0 Å². The van der Waals surface area contributed by atoms with Crippen molar-refractivity contribution < 1.29 is 17.7 Å². The first-order valence-corrected chi connectivity index (χ1v) is 8.97. The molecular weight excluding hydrogens is 286 g/mol. The van der Waals surface area contributed by atoms with Gasteiger partial charge in [0.25, 0.3) is 0 Å². The van der Waals surface area contributed by atoms with Gasteiger partial charge in [-0.15, -0.1) is 0 Å². The summed E-state index contributed by atoms with van der Waals surface area (Å²) in [4.78, 5) is 0.179. The van der Waals surface area contributed by atoms with Crippen molar-refractivity contribution in [2.45, 2.75) is 17.9 Å². The van der Waals surface area contributed by atoms with E-state index in [4.69, 9.17) is 0 Å². The first-order valence-electron chi connectivity index (χ1n) is 6.04. The summed E-state index contributed by atoms with van der Waals surface area (Å²) in [6.45, 7) is 2.16. The van der Waals surface area contributed by atoms with Crippen molar-refractivity contribution in [3.8, 4) is 0 Å². The lowest BCUT2D eigenvalue weighted by molar-refractivity contribution is 0.199. The highest BCUT2D eigenvalue weighted by Crippen LogP contribution is 2.21. The Kier molecular flexibility index (Phi) is 4.39. The second-order valence-electron chi connectivity index (χ2n) is 4.50. The Hall–Kier alpha value is -0.760. The van der Waals surface area contributed by atoms with E-state index >= 15 is 0 Å². The first-order chi connectivity index (χ1) is 8.91. The van der Waals surface area contributed by atoms with Gasteiger partial charge in [0, 0.05) is 35.4 Å². The number of rotatable bonds is 3. The predicted octanol–water partition coefficient (Wildman–Crippen LogP) is 0.493. The largest absolute Gasteiger partial charge is 0.389 e. The molecule has 1 heterocycles. The number of sulfonamides is 1. The molecule has 0 amide bonds. The third-order valence-electron chi connectivity index (χ3n) is 3.11. The van der Waals surface area contributed by atoms with Crippen molar-refractivity contribution in [1.82, 2.24) is 4.31 Å². The average molecular weight is 303 g/mol. The maximum absolute atomic E-state index is 12.4. The summed E-state index contributed by atoms with van der Waals surface area (Å²) in [6.07, 6.45) is -0.705. The van der Waals surface area contributed by atoms with E-state index in [1.54, 1.807) is 19.1 Å². The molecule has 106 valence electrons. The van der Waals surface area contributed by atoms with Crippen LogP contribution in [-0.4, -0.2) is 46.6 Å². The van der Waals surface area contributed by atoms with Crippen LogP contribution in [0, 0.1) is 0 Å². The minimum absolute atomic E-state index is 0.179. The molecule has 0 radical (unpaired) electrons. The summed E-state index contributed by atoms with van der Waals surface area (Å²) in [6, 6.07) is 6.32. The van der Waals surface area contributed by atoms with Gasteiger partial charge in [0.1, 0.15) is 0 Å². The third kappa shape index (κ3) is 3.22. The van der Waals surface area contributed by atoms with Gasteiger partial charge in [-0.1, -0.05) is 12.1 Å². The Morgan fingerprint density at radius 2 is 1.95 bits per heavy atom. The highest BCUT2D eigenvalue weighted by molar-refractivity contribution is 7.89. The monoisotopic (exact) mass is 303 g/mol. The summed E-state index contributed by atoms with van der Waals surface area (Å²) >= 11 is 0. The van der Waals surface area contributed by atoms with Crippen molar-refractivity contribution in [2.24, 2.45) is 0 Å². The van der Waals surface area contributed by atoms with Crippen LogP contribution in [0.4, 0.5) is 0 Å². The Bertz CT molecular complexity index is 573. The van der Waals surface area contributed by atoms with E-state index < -0.39 is 26.9 Å². The molecule has 1 aromatic carbocycles. The highest BCUT2D eigenvalue weighted by atomic mass is 32.2. The average Bonchev–Trinajstić information content (AvgIpc) is 2.39. The smallest absolute Gasteiger partial charge is 0.243 e. The number of nitrogens with zero attached hydrogens (tertiary/aromatic N) is 1. The van der Waals surface area contributed by atoms with Crippen LogP contribution in [0.5, 0.6) is 0 Å². The highest BCUT2D eigenvalue weighted by Gasteiger charge is 2.28. The Labute approximate surface area is 115 Å². The molecule has 2 rings (SSSR count). The van der Waals surface area contributed by atoms with E-state index in [9.17, 15) is 17.7 Å². The van der Waals surface area contributed by atoms with Gasteiger partial charge >= 0.3 is 0 Å². The molecular formula is C12H17NO4S2. The maximum atomic E-state index is 12.4. The number of aliphatic hydroxyl groups excluding tert-OH is 1. The molecule has 1 aliphatic rings. The summed E-state index contributed by atoms with van der Waals surface area (Å²) in [5, 5.41) is 9.51. The van der Waals surface area contributed by atoms with Gasteiger partial charge < -0.3 is 5.11 Å². The number of hydrogen-bond acceptors (Lipinski definition) is 4. The van der Waals surface area contributed by atoms with E-state index in [2.05, 4.69) is 0 Å². The molecule has 0 spiro atoms. The second kappa shape index (κ2) is 5.70. The van der Waals surface area contributed by atoms with Crippen LogP contribution < -0.4 is 0 Å².